The molecular formula is C23H29N3O3S2. The zero-order valence-electron chi connectivity index (χ0n) is 17.5. The highest BCUT2D eigenvalue weighted by Gasteiger charge is 2.16. The van der Waals surface area contributed by atoms with Gasteiger partial charge in [0.2, 0.25) is 15.9 Å². The lowest BCUT2D eigenvalue weighted by molar-refractivity contribution is -0.120. The first kappa shape index (κ1) is 23.4. The van der Waals surface area contributed by atoms with Crippen LogP contribution in [0.15, 0.2) is 59.5 Å². The fraction of sp³-hybridized carbons (Fsp3) is 0.391. The van der Waals surface area contributed by atoms with E-state index >= 15 is 0 Å². The van der Waals surface area contributed by atoms with Crippen molar-refractivity contribution >= 4 is 38.9 Å². The van der Waals surface area contributed by atoms with Gasteiger partial charge in [-0.3, -0.25) is 4.79 Å². The maximum Gasteiger partial charge on any atom is 0.240 e. The molecule has 3 rings (SSSR count). The van der Waals surface area contributed by atoms with Crippen LogP contribution < -0.4 is 15.4 Å². The molecule has 0 heterocycles. The minimum Gasteiger partial charge on any atom is -0.332 e. The summed E-state index contributed by atoms with van der Waals surface area (Å²) in [4.78, 5) is 12.3. The Bertz CT molecular complexity index is 971. The lowest BCUT2D eigenvalue weighted by Gasteiger charge is -2.21. The van der Waals surface area contributed by atoms with Crippen LogP contribution in [-0.4, -0.2) is 19.4 Å². The number of rotatable bonds is 8. The molecule has 0 saturated heterocycles. The Hall–Kier alpha value is -2.29. The lowest BCUT2D eigenvalue weighted by atomic mass is 9.86. The number of carbonyl (C=O) groups is 1. The number of nitrogens with one attached hydrogen (secondary N) is 3. The standard InChI is InChI=1S/C23H29N3O3S2/c27-22(16-11-18-7-3-1-4-8-18)26-23(30)25-20-12-14-21(15-13-20)31(28,29)24-17-19-9-5-2-6-10-19/h2,5-6,9-10,12-15,18,24H,1,3-4,7-8,11,16-17H2,(H2,25,26,27,30). The van der Waals surface area contributed by atoms with Crippen molar-refractivity contribution in [3.8, 4) is 0 Å². The summed E-state index contributed by atoms with van der Waals surface area (Å²) in [6, 6.07) is 15.6. The second-order valence-corrected chi connectivity index (χ2v) is 10.1. The molecule has 0 aliphatic heterocycles. The second kappa shape index (κ2) is 11.4. The van der Waals surface area contributed by atoms with Crippen LogP contribution in [0.3, 0.4) is 0 Å². The molecule has 1 amide bonds. The highest BCUT2D eigenvalue weighted by Crippen LogP contribution is 2.27. The SMILES string of the molecule is O=C(CCC1CCCCC1)NC(=S)Nc1ccc(S(=O)(=O)NCc2ccccc2)cc1. The van der Waals surface area contributed by atoms with Crippen LogP contribution in [-0.2, 0) is 21.4 Å². The van der Waals surface area contributed by atoms with Gasteiger partial charge in [0.25, 0.3) is 0 Å². The van der Waals surface area contributed by atoms with Crippen molar-refractivity contribution in [2.75, 3.05) is 5.32 Å². The highest BCUT2D eigenvalue weighted by molar-refractivity contribution is 7.89. The van der Waals surface area contributed by atoms with Crippen molar-refractivity contribution in [1.82, 2.24) is 10.0 Å². The minimum atomic E-state index is -3.62. The van der Waals surface area contributed by atoms with Gasteiger partial charge in [0, 0.05) is 18.7 Å². The second-order valence-electron chi connectivity index (χ2n) is 7.88. The lowest BCUT2D eigenvalue weighted by Crippen LogP contribution is -2.34. The van der Waals surface area contributed by atoms with E-state index in [1.807, 2.05) is 30.3 Å². The molecule has 1 fully saturated rings. The Labute approximate surface area is 189 Å². The Morgan fingerprint density at radius 1 is 0.968 bits per heavy atom. The smallest absolute Gasteiger partial charge is 0.240 e. The zero-order valence-corrected chi connectivity index (χ0v) is 19.1. The van der Waals surface area contributed by atoms with Gasteiger partial charge in [-0.05, 0) is 54.4 Å². The van der Waals surface area contributed by atoms with Crippen molar-refractivity contribution in [3.05, 3.63) is 60.2 Å². The summed E-state index contributed by atoms with van der Waals surface area (Å²) in [6.45, 7) is 0.222. The highest BCUT2D eigenvalue weighted by atomic mass is 32.2. The molecule has 6 nitrogen and oxygen atoms in total. The third-order valence-electron chi connectivity index (χ3n) is 5.49. The number of sulfonamides is 1. The van der Waals surface area contributed by atoms with Gasteiger partial charge < -0.3 is 10.6 Å². The third kappa shape index (κ3) is 7.72. The van der Waals surface area contributed by atoms with Crippen LogP contribution in [0.1, 0.15) is 50.5 Å². The van der Waals surface area contributed by atoms with Crippen molar-refractivity contribution < 1.29 is 13.2 Å². The van der Waals surface area contributed by atoms with E-state index in [0.717, 1.165) is 12.0 Å². The van der Waals surface area contributed by atoms with Gasteiger partial charge in [0.15, 0.2) is 5.11 Å². The average Bonchev–Trinajstić information content (AvgIpc) is 2.78. The van der Waals surface area contributed by atoms with Crippen molar-refractivity contribution in [2.24, 2.45) is 5.92 Å². The summed E-state index contributed by atoms with van der Waals surface area (Å²) < 4.78 is 27.5. The number of anilines is 1. The van der Waals surface area contributed by atoms with Crippen molar-refractivity contribution in [1.29, 1.82) is 0 Å². The molecule has 0 radical (unpaired) electrons. The summed E-state index contributed by atoms with van der Waals surface area (Å²) in [5.74, 6) is 0.554. The fourth-order valence-electron chi connectivity index (χ4n) is 3.74. The summed E-state index contributed by atoms with van der Waals surface area (Å²) >= 11 is 5.21. The van der Waals surface area contributed by atoms with E-state index in [1.165, 1.54) is 44.2 Å². The Balaban J connectivity index is 1.45. The van der Waals surface area contributed by atoms with Crippen molar-refractivity contribution in [3.63, 3.8) is 0 Å². The maximum atomic E-state index is 12.5. The molecule has 0 unspecified atom stereocenters. The van der Waals surface area contributed by atoms with Crippen molar-refractivity contribution in [2.45, 2.75) is 56.4 Å². The molecule has 2 aromatic rings. The Morgan fingerprint density at radius 3 is 2.32 bits per heavy atom. The molecule has 0 atom stereocenters. The van der Waals surface area contributed by atoms with Gasteiger partial charge in [-0.1, -0.05) is 62.4 Å². The van der Waals surface area contributed by atoms with E-state index in [4.69, 9.17) is 12.2 Å². The molecule has 0 spiro atoms. The molecule has 0 bridgehead atoms. The van der Waals surface area contributed by atoms with E-state index in [-0.39, 0.29) is 22.5 Å². The number of benzene rings is 2. The predicted octanol–water partition coefficient (Wildman–Crippen LogP) is 4.34. The van der Waals surface area contributed by atoms with Gasteiger partial charge in [0.1, 0.15) is 0 Å². The average molecular weight is 460 g/mol. The number of hydrogen-bond acceptors (Lipinski definition) is 4. The number of carbonyl (C=O) groups excluding carboxylic acids is 1. The first-order chi connectivity index (χ1) is 14.9. The summed E-state index contributed by atoms with van der Waals surface area (Å²) in [7, 11) is -3.62. The number of thiocarbonyl (C=S) groups is 1. The van der Waals surface area contributed by atoms with E-state index < -0.39 is 10.0 Å². The molecule has 8 heteroatoms. The van der Waals surface area contributed by atoms with E-state index in [0.29, 0.717) is 18.0 Å². The minimum absolute atomic E-state index is 0.0904. The molecule has 31 heavy (non-hydrogen) atoms. The van der Waals surface area contributed by atoms with Crippen LogP contribution in [0.4, 0.5) is 5.69 Å². The molecule has 2 aromatic carbocycles. The van der Waals surface area contributed by atoms with Gasteiger partial charge >= 0.3 is 0 Å². The third-order valence-corrected chi connectivity index (χ3v) is 7.11. The molecule has 1 aliphatic carbocycles. The van der Waals surface area contributed by atoms with Gasteiger partial charge in [-0.2, -0.15) is 0 Å². The topological polar surface area (TPSA) is 87.3 Å². The van der Waals surface area contributed by atoms with Gasteiger partial charge in [-0.15, -0.1) is 0 Å². The van der Waals surface area contributed by atoms with E-state index in [1.54, 1.807) is 12.1 Å². The predicted molar refractivity (Wildman–Crippen MR) is 127 cm³/mol. The molecule has 1 saturated carbocycles. The Morgan fingerprint density at radius 2 is 1.65 bits per heavy atom. The zero-order chi connectivity index (χ0) is 22.1. The summed E-state index contributed by atoms with van der Waals surface area (Å²) in [5.41, 5.74) is 1.49. The van der Waals surface area contributed by atoms with Crippen LogP contribution in [0.5, 0.6) is 0 Å². The molecule has 3 N–H and O–H groups in total. The largest absolute Gasteiger partial charge is 0.332 e. The first-order valence-corrected chi connectivity index (χ1v) is 12.6. The van der Waals surface area contributed by atoms with Crippen LogP contribution in [0.25, 0.3) is 0 Å². The Kier molecular flexibility index (Phi) is 8.57. The first-order valence-electron chi connectivity index (χ1n) is 10.7. The van der Waals surface area contributed by atoms with E-state index in [9.17, 15) is 13.2 Å². The molecule has 1 aliphatic rings. The molecule has 0 aromatic heterocycles. The van der Waals surface area contributed by atoms with Gasteiger partial charge in [0.05, 0.1) is 4.90 Å². The quantitative estimate of drug-likeness (QED) is 0.511. The summed E-state index contributed by atoms with van der Waals surface area (Å²) in [5, 5.41) is 5.85. The van der Waals surface area contributed by atoms with Crippen LogP contribution in [0.2, 0.25) is 0 Å². The van der Waals surface area contributed by atoms with Gasteiger partial charge in [-0.25, -0.2) is 13.1 Å². The maximum absolute atomic E-state index is 12.5. The number of hydrogen-bond donors (Lipinski definition) is 3. The van der Waals surface area contributed by atoms with Crippen LogP contribution >= 0.6 is 12.2 Å². The fourth-order valence-corrected chi connectivity index (χ4v) is 4.99. The van der Waals surface area contributed by atoms with Crippen LogP contribution in [0, 0.1) is 5.92 Å². The molecule has 166 valence electrons. The van der Waals surface area contributed by atoms with E-state index in [2.05, 4.69) is 15.4 Å². The monoisotopic (exact) mass is 459 g/mol. The number of amides is 1. The summed E-state index contributed by atoms with van der Waals surface area (Å²) in [6.07, 6.45) is 7.63. The normalized spacial score (nSPS) is 14.7. The molecular weight excluding hydrogens is 430 g/mol.